The molecule has 0 unspecified atom stereocenters. The van der Waals surface area contributed by atoms with Gasteiger partial charge in [0, 0.05) is 0 Å². The van der Waals surface area contributed by atoms with Crippen molar-refractivity contribution in [2.75, 3.05) is 10.0 Å². The Morgan fingerprint density at radius 2 is 1.89 bits per heavy atom. The van der Waals surface area contributed by atoms with Crippen molar-refractivity contribution >= 4 is 21.5 Å². The van der Waals surface area contributed by atoms with Gasteiger partial charge in [0.1, 0.15) is 17.3 Å². The van der Waals surface area contributed by atoms with E-state index in [2.05, 4.69) is 15.0 Å². The van der Waals surface area contributed by atoms with Crippen molar-refractivity contribution in [3.63, 3.8) is 0 Å². The number of benzene rings is 1. The fourth-order valence-electron chi connectivity index (χ4n) is 2.33. The van der Waals surface area contributed by atoms with E-state index in [4.69, 9.17) is 9.15 Å². The van der Waals surface area contributed by atoms with E-state index in [0.717, 1.165) is 11.4 Å². The number of hydrogen-bond donors (Lipinski definition) is 2. The molecule has 8 heteroatoms. The standard InChI is InChI=1S/C19H21N3O4S/c1-14(2)26-16-6-8-18(9-7-16)27(23,24)22-19-10-5-15(12-21-19)20-13-17-4-3-11-25-17/h3-12,14,20H,13H2,1-2H3,(H,21,22). The van der Waals surface area contributed by atoms with Gasteiger partial charge >= 0.3 is 0 Å². The lowest BCUT2D eigenvalue weighted by atomic mass is 10.3. The van der Waals surface area contributed by atoms with Crippen LogP contribution in [0.15, 0.2) is 70.3 Å². The van der Waals surface area contributed by atoms with Crippen LogP contribution in [0.2, 0.25) is 0 Å². The van der Waals surface area contributed by atoms with E-state index in [0.29, 0.717) is 12.3 Å². The third kappa shape index (κ3) is 5.24. The summed E-state index contributed by atoms with van der Waals surface area (Å²) in [5.41, 5.74) is 0.754. The SMILES string of the molecule is CC(C)Oc1ccc(S(=O)(=O)Nc2ccc(NCc3ccco3)cn2)cc1. The van der Waals surface area contributed by atoms with Gasteiger partial charge in [0.2, 0.25) is 0 Å². The van der Waals surface area contributed by atoms with Crippen molar-refractivity contribution in [3.8, 4) is 5.75 Å². The molecule has 0 saturated heterocycles. The first-order valence-electron chi connectivity index (χ1n) is 8.44. The number of rotatable bonds is 8. The predicted molar refractivity (Wildman–Crippen MR) is 103 cm³/mol. The molecular formula is C19H21N3O4S. The number of sulfonamides is 1. The summed E-state index contributed by atoms with van der Waals surface area (Å²) in [7, 11) is -3.72. The number of furan rings is 1. The quantitative estimate of drug-likeness (QED) is 0.609. The second-order valence-corrected chi connectivity index (χ2v) is 7.79. The predicted octanol–water partition coefficient (Wildman–Crippen LogP) is 3.87. The number of nitrogens with one attached hydrogen (secondary N) is 2. The number of ether oxygens (including phenoxy) is 1. The third-order valence-electron chi connectivity index (χ3n) is 3.56. The molecule has 142 valence electrons. The summed E-state index contributed by atoms with van der Waals surface area (Å²) in [6.45, 7) is 4.33. The lowest BCUT2D eigenvalue weighted by molar-refractivity contribution is 0.242. The first-order valence-corrected chi connectivity index (χ1v) is 9.92. The number of aromatic nitrogens is 1. The lowest BCUT2D eigenvalue weighted by Crippen LogP contribution is -2.14. The maximum absolute atomic E-state index is 12.5. The molecule has 3 aromatic rings. The maximum atomic E-state index is 12.5. The molecule has 0 aliphatic heterocycles. The van der Waals surface area contributed by atoms with Crippen LogP contribution in [-0.2, 0) is 16.6 Å². The number of pyridine rings is 1. The van der Waals surface area contributed by atoms with Crippen molar-refractivity contribution in [2.24, 2.45) is 0 Å². The Bertz CT molecular complexity index is 951. The smallest absolute Gasteiger partial charge is 0.263 e. The summed E-state index contributed by atoms with van der Waals surface area (Å²) in [6, 6.07) is 13.3. The Kier molecular flexibility index (Phi) is 5.66. The summed E-state index contributed by atoms with van der Waals surface area (Å²) in [6.07, 6.45) is 3.18. The minimum atomic E-state index is -3.72. The van der Waals surface area contributed by atoms with Crippen molar-refractivity contribution in [1.82, 2.24) is 4.98 Å². The summed E-state index contributed by atoms with van der Waals surface area (Å²) in [5, 5.41) is 3.14. The van der Waals surface area contributed by atoms with Gasteiger partial charge in [-0.2, -0.15) is 0 Å². The van der Waals surface area contributed by atoms with Gasteiger partial charge in [-0.1, -0.05) is 0 Å². The summed E-state index contributed by atoms with van der Waals surface area (Å²) < 4.78 is 38.2. The van der Waals surface area contributed by atoms with E-state index < -0.39 is 10.0 Å². The molecule has 0 saturated carbocycles. The molecule has 3 rings (SSSR count). The third-order valence-corrected chi connectivity index (χ3v) is 4.93. The second kappa shape index (κ2) is 8.13. The van der Waals surface area contributed by atoms with Gasteiger partial charge in [-0.05, 0) is 62.4 Å². The molecule has 0 aliphatic carbocycles. The normalized spacial score (nSPS) is 11.4. The second-order valence-electron chi connectivity index (χ2n) is 6.11. The summed E-state index contributed by atoms with van der Waals surface area (Å²) in [5.74, 6) is 1.65. The summed E-state index contributed by atoms with van der Waals surface area (Å²) >= 11 is 0. The van der Waals surface area contributed by atoms with Crippen molar-refractivity contribution in [3.05, 3.63) is 66.8 Å². The number of anilines is 2. The van der Waals surface area contributed by atoms with Crippen LogP contribution >= 0.6 is 0 Å². The topological polar surface area (TPSA) is 93.5 Å². The first-order chi connectivity index (χ1) is 12.9. The molecule has 0 amide bonds. The van der Waals surface area contributed by atoms with Crippen LogP contribution in [0.1, 0.15) is 19.6 Å². The zero-order valence-electron chi connectivity index (χ0n) is 15.0. The molecule has 0 aliphatic rings. The average Bonchev–Trinajstić information content (AvgIpc) is 3.14. The molecule has 7 nitrogen and oxygen atoms in total. The fourth-order valence-corrected chi connectivity index (χ4v) is 3.34. The monoisotopic (exact) mass is 387 g/mol. The minimum absolute atomic E-state index is 0.0229. The fraction of sp³-hybridized carbons (Fsp3) is 0.211. The van der Waals surface area contributed by atoms with Gasteiger partial charge in [-0.15, -0.1) is 0 Å². The molecule has 0 fully saturated rings. The van der Waals surface area contributed by atoms with Crippen LogP contribution in [0.3, 0.4) is 0 Å². The van der Waals surface area contributed by atoms with Crippen LogP contribution in [0.5, 0.6) is 5.75 Å². The Balaban J connectivity index is 1.63. The van der Waals surface area contributed by atoms with Gasteiger partial charge in [0.25, 0.3) is 10.0 Å². The molecule has 0 atom stereocenters. The van der Waals surface area contributed by atoms with Gasteiger partial charge in [0.05, 0.1) is 35.7 Å². The molecule has 0 spiro atoms. The van der Waals surface area contributed by atoms with Gasteiger partial charge < -0.3 is 14.5 Å². The van der Waals surface area contributed by atoms with Crippen molar-refractivity contribution in [1.29, 1.82) is 0 Å². The number of nitrogens with zero attached hydrogens (tertiary/aromatic N) is 1. The zero-order chi connectivity index (χ0) is 19.3. The Hall–Kier alpha value is -3.00. The van der Waals surface area contributed by atoms with E-state index >= 15 is 0 Å². The lowest BCUT2D eigenvalue weighted by Gasteiger charge is -2.11. The largest absolute Gasteiger partial charge is 0.491 e. The number of hydrogen-bond acceptors (Lipinski definition) is 6. The van der Waals surface area contributed by atoms with Crippen molar-refractivity contribution in [2.45, 2.75) is 31.4 Å². The molecule has 27 heavy (non-hydrogen) atoms. The maximum Gasteiger partial charge on any atom is 0.263 e. The molecule has 2 N–H and O–H groups in total. The van der Waals surface area contributed by atoms with Crippen LogP contribution in [-0.4, -0.2) is 19.5 Å². The Morgan fingerprint density at radius 1 is 1.11 bits per heavy atom. The van der Waals surface area contributed by atoms with E-state index in [-0.39, 0.29) is 16.8 Å². The highest BCUT2D eigenvalue weighted by Gasteiger charge is 2.15. The van der Waals surface area contributed by atoms with E-state index in [1.54, 1.807) is 36.7 Å². The Morgan fingerprint density at radius 3 is 2.48 bits per heavy atom. The summed E-state index contributed by atoms with van der Waals surface area (Å²) in [4.78, 5) is 4.28. The van der Waals surface area contributed by atoms with Crippen molar-refractivity contribution < 1.29 is 17.6 Å². The van der Waals surface area contributed by atoms with Crippen LogP contribution in [0.25, 0.3) is 0 Å². The first kappa shape index (κ1) is 18.8. The molecule has 1 aromatic carbocycles. The molecule has 2 aromatic heterocycles. The van der Waals surface area contributed by atoms with Crippen LogP contribution in [0, 0.1) is 0 Å². The van der Waals surface area contributed by atoms with Gasteiger partial charge in [0.15, 0.2) is 0 Å². The van der Waals surface area contributed by atoms with Crippen LogP contribution < -0.4 is 14.8 Å². The van der Waals surface area contributed by atoms with E-state index in [1.165, 1.54) is 12.1 Å². The highest BCUT2D eigenvalue weighted by molar-refractivity contribution is 7.92. The highest BCUT2D eigenvalue weighted by atomic mass is 32.2. The van der Waals surface area contributed by atoms with Gasteiger partial charge in [-0.3, -0.25) is 4.72 Å². The molecule has 0 bridgehead atoms. The molecule has 2 heterocycles. The van der Waals surface area contributed by atoms with Gasteiger partial charge in [-0.25, -0.2) is 13.4 Å². The molecular weight excluding hydrogens is 366 g/mol. The Labute approximate surface area is 158 Å². The average molecular weight is 387 g/mol. The zero-order valence-corrected chi connectivity index (χ0v) is 15.9. The highest BCUT2D eigenvalue weighted by Crippen LogP contribution is 2.20. The minimum Gasteiger partial charge on any atom is -0.491 e. The van der Waals surface area contributed by atoms with E-state index in [1.807, 2.05) is 26.0 Å². The van der Waals surface area contributed by atoms with E-state index in [9.17, 15) is 8.42 Å². The van der Waals surface area contributed by atoms with Crippen LogP contribution in [0.4, 0.5) is 11.5 Å². The molecule has 0 radical (unpaired) electrons.